The maximum absolute atomic E-state index is 9.90. The van der Waals surface area contributed by atoms with Crippen LogP contribution in [0.4, 0.5) is 0 Å². The van der Waals surface area contributed by atoms with Crippen molar-refractivity contribution >= 4 is 6.41 Å². The predicted octanol–water partition coefficient (Wildman–Crippen LogP) is -2.79. The van der Waals surface area contributed by atoms with Crippen LogP contribution in [0.3, 0.4) is 0 Å². The number of ether oxygens (including phenoxy) is 1. The lowest BCUT2D eigenvalue weighted by Crippen LogP contribution is -2.43. The number of carbonyl (C=O) groups excluding carboxylic acids is 1. The minimum Gasteiger partial charge on any atom is -0.388 e. The highest BCUT2D eigenvalue weighted by molar-refractivity contribution is 5.45. The molecule has 13 heavy (non-hydrogen) atoms. The van der Waals surface area contributed by atoms with Crippen LogP contribution in [0.1, 0.15) is 0 Å². The van der Waals surface area contributed by atoms with Crippen LogP contribution in [0, 0.1) is 0 Å². The first-order valence-corrected chi connectivity index (χ1v) is 3.99. The summed E-state index contributed by atoms with van der Waals surface area (Å²) < 4.78 is 4.93. The number of amides is 1. The van der Waals surface area contributed by atoms with E-state index in [9.17, 15) is 15.0 Å². The van der Waals surface area contributed by atoms with Crippen LogP contribution in [0.15, 0.2) is 0 Å². The van der Waals surface area contributed by atoms with E-state index in [0.717, 1.165) is 0 Å². The van der Waals surface area contributed by atoms with Crippen molar-refractivity contribution in [1.29, 1.82) is 0 Å². The van der Waals surface area contributed by atoms with Crippen molar-refractivity contribution < 1.29 is 24.9 Å². The molecule has 0 aromatic heterocycles. The monoisotopic (exact) mass is 191 g/mol. The lowest BCUT2D eigenvalue weighted by atomic mass is 10.1. The zero-order valence-electron chi connectivity index (χ0n) is 6.96. The van der Waals surface area contributed by atoms with Crippen molar-refractivity contribution in [1.82, 2.24) is 5.32 Å². The number of aliphatic hydroxyl groups excluding tert-OH is 3. The first kappa shape index (κ1) is 10.4. The summed E-state index contributed by atoms with van der Waals surface area (Å²) in [5, 5.41) is 30.0. The van der Waals surface area contributed by atoms with E-state index in [1.807, 2.05) is 0 Å². The van der Waals surface area contributed by atoms with Gasteiger partial charge in [-0.3, -0.25) is 4.79 Å². The van der Waals surface area contributed by atoms with Crippen molar-refractivity contribution in [3.8, 4) is 0 Å². The second-order valence-electron chi connectivity index (χ2n) is 2.95. The van der Waals surface area contributed by atoms with E-state index >= 15 is 0 Å². The molecule has 1 heterocycles. The molecule has 1 rings (SSSR count). The third kappa shape index (κ3) is 2.38. The topological polar surface area (TPSA) is 99.0 Å². The van der Waals surface area contributed by atoms with Crippen molar-refractivity contribution in [2.45, 2.75) is 24.4 Å². The van der Waals surface area contributed by atoms with Crippen molar-refractivity contribution in [2.24, 2.45) is 0 Å². The van der Waals surface area contributed by atoms with E-state index in [2.05, 4.69) is 5.32 Å². The normalized spacial score (nSPS) is 35.8. The quantitative estimate of drug-likeness (QED) is 0.360. The molecule has 0 aliphatic carbocycles. The van der Waals surface area contributed by atoms with Crippen molar-refractivity contribution in [3.63, 3.8) is 0 Å². The van der Waals surface area contributed by atoms with Crippen LogP contribution in [-0.2, 0) is 9.53 Å². The van der Waals surface area contributed by atoms with E-state index in [-0.39, 0.29) is 13.2 Å². The number of hydrogen-bond donors (Lipinski definition) is 4. The highest BCUT2D eigenvalue weighted by Gasteiger charge is 2.38. The molecule has 0 spiro atoms. The standard InChI is InChI=1S/C7H13NO5/c9-3-8-1-4(10)7-6(12)5(11)2-13-7/h3-7,10-12H,1-2H2,(H,8,9). The summed E-state index contributed by atoms with van der Waals surface area (Å²) >= 11 is 0. The van der Waals surface area contributed by atoms with Crippen molar-refractivity contribution in [2.75, 3.05) is 13.2 Å². The van der Waals surface area contributed by atoms with Gasteiger partial charge in [0.2, 0.25) is 6.41 Å². The zero-order valence-corrected chi connectivity index (χ0v) is 6.96. The van der Waals surface area contributed by atoms with Crippen LogP contribution in [0.2, 0.25) is 0 Å². The highest BCUT2D eigenvalue weighted by Crippen LogP contribution is 2.16. The summed E-state index contributed by atoms with van der Waals surface area (Å²) in [6.45, 7) is 0.00191. The number of aliphatic hydroxyl groups is 3. The summed E-state index contributed by atoms with van der Waals surface area (Å²) in [7, 11) is 0. The Balaban J connectivity index is 2.38. The second-order valence-corrected chi connectivity index (χ2v) is 2.95. The predicted molar refractivity (Wildman–Crippen MR) is 41.8 cm³/mol. The second kappa shape index (κ2) is 4.52. The molecule has 4 unspecified atom stereocenters. The van der Waals surface area contributed by atoms with Gasteiger partial charge in [0, 0.05) is 6.54 Å². The Bertz CT molecular complexity index is 176. The first-order valence-electron chi connectivity index (χ1n) is 3.99. The summed E-state index contributed by atoms with van der Waals surface area (Å²) in [5.74, 6) is 0. The highest BCUT2D eigenvalue weighted by atomic mass is 16.5. The fourth-order valence-electron chi connectivity index (χ4n) is 1.25. The molecule has 6 nitrogen and oxygen atoms in total. The minimum absolute atomic E-state index is 0.00204. The number of hydrogen-bond acceptors (Lipinski definition) is 5. The van der Waals surface area contributed by atoms with Gasteiger partial charge in [-0.1, -0.05) is 0 Å². The molecular weight excluding hydrogens is 178 g/mol. The van der Waals surface area contributed by atoms with E-state index in [4.69, 9.17) is 9.84 Å². The summed E-state index contributed by atoms with van der Waals surface area (Å²) in [5.41, 5.74) is 0. The van der Waals surface area contributed by atoms with E-state index in [0.29, 0.717) is 6.41 Å². The lowest BCUT2D eigenvalue weighted by Gasteiger charge is -2.20. The molecule has 0 saturated carbocycles. The molecule has 6 heteroatoms. The molecule has 1 aliphatic rings. The van der Waals surface area contributed by atoms with Crippen LogP contribution < -0.4 is 5.32 Å². The first-order chi connectivity index (χ1) is 6.16. The molecule has 76 valence electrons. The molecule has 0 aromatic carbocycles. The summed E-state index contributed by atoms with van der Waals surface area (Å²) in [4.78, 5) is 9.90. The summed E-state index contributed by atoms with van der Waals surface area (Å²) in [6, 6.07) is 0. The van der Waals surface area contributed by atoms with Gasteiger partial charge < -0.3 is 25.4 Å². The van der Waals surface area contributed by atoms with Gasteiger partial charge in [0.25, 0.3) is 0 Å². The maximum Gasteiger partial charge on any atom is 0.207 e. The van der Waals surface area contributed by atoms with Gasteiger partial charge in [0.15, 0.2) is 0 Å². The molecule has 0 bridgehead atoms. The fraction of sp³-hybridized carbons (Fsp3) is 0.857. The van der Waals surface area contributed by atoms with Gasteiger partial charge in [-0.2, -0.15) is 0 Å². The molecule has 1 saturated heterocycles. The Hall–Kier alpha value is -0.690. The Morgan fingerprint density at radius 2 is 2.31 bits per heavy atom. The molecule has 1 aliphatic heterocycles. The van der Waals surface area contributed by atoms with Gasteiger partial charge in [-0.05, 0) is 0 Å². The van der Waals surface area contributed by atoms with Gasteiger partial charge in [0.1, 0.15) is 24.4 Å². The van der Waals surface area contributed by atoms with Crippen LogP contribution >= 0.6 is 0 Å². The van der Waals surface area contributed by atoms with Crippen LogP contribution in [0.25, 0.3) is 0 Å². The molecule has 4 N–H and O–H groups in total. The van der Waals surface area contributed by atoms with Crippen LogP contribution in [-0.4, -0.2) is 59.3 Å². The van der Waals surface area contributed by atoms with E-state index in [1.165, 1.54) is 0 Å². The Morgan fingerprint density at radius 1 is 1.62 bits per heavy atom. The molecule has 4 atom stereocenters. The Morgan fingerprint density at radius 3 is 2.77 bits per heavy atom. The number of nitrogens with one attached hydrogen (secondary N) is 1. The number of carbonyl (C=O) groups is 1. The average molecular weight is 191 g/mol. The van der Waals surface area contributed by atoms with Crippen molar-refractivity contribution in [3.05, 3.63) is 0 Å². The smallest absolute Gasteiger partial charge is 0.207 e. The third-order valence-electron chi connectivity index (χ3n) is 1.98. The van der Waals surface area contributed by atoms with Gasteiger partial charge >= 0.3 is 0 Å². The SMILES string of the molecule is O=CNCC(O)C1OCC(O)C1O. The van der Waals surface area contributed by atoms with E-state index in [1.54, 1.807) is 0 Å². The number of rotatable bonds is 4. The molecule has 1 amide bonds. The zero-order chi connectivity index (χ0) is 9.84. The average Bonchev–Trinajstić information content (AvgIpc) is 2.44. The van der Waals surface area contributed by atoms with Gasteiger partial charge in [-0.15, -0.1) is 0 Å². The minimum atomic E-state index is -1.09. The molecular formula is C7H13NO5. The van der Waals surface area contributed by atoms with Gasteiger partial charge in [-0.25, -0.2) is 0 Å². The summed E-state index contributed by atoms with van der Waals surface area (Å²) in [6.07, 6.45) is -3.44. The Labute approximate surface area is 75.1 Å². The molecule has 0 radical (unpaired) electrons. The van der Waals surface area contributed by atoms with Gasteiger partial charge in [0.05, 0.1) is 6.61 Å². The fourth-order valence-corrected chi connectivity index (χ4v) is 1.25. The molecule has 1 fully saturated rings. The lowest BCUT2D eigenvalue weighted by molar-refractivity contribution is -0.110. The molecule has 0 aromatic rings. The largest absolute Gasteiger partial charge is 0.388 e. The third-order valence-corrected chi connectivity index (χ3v) is 1.98. The van der Waals surface area contributed by atoms with E-state index < -0.39 is 24.4 Å². The Kier molecular flexibility index (Phi) is 3.61. The van der Waals surface area contributed by atoms with Crippen LogP contribution in [0.5, 0.6) is 0 Å². The maximum atomic E-state index is 9.90.